The van der Waals surface area contributed by atoms with Gasteiger partial charge in [-0.2, -0.15) is 0 Å². The molecule has 7 heteroatoms. The van der Waals surface area contributed by atoms with Crippen molar-refractivity contribution in [1.82, 2.24) is 0 Å². The van der Waals surface area contributed by atoms with Crippen LogP contribution in [0.1, 0.15) is 0 Å². The Morgan fingerprint density at radius 3 is 1.85 bits per heavy atom. The first-order valence-electron chi connectivity index (χ1n) is 3.02. The number of nitro groups is 2. The highest BCUT2D eigenvalue weighted by Gasteiger charge is 2.22. The van der Waals surface area contributed by atoms with E-state index in [1.54, 1.807) is 0 Å². The van der Waals surface area contributed by atoms with Gasteiger partial charge in [0.15, 0.2) is 5.02 Å². The van der Waals surface area contributed by atoms with E-state index in [1.165, 1.54) is 0 Å². The largest absolute Gasteiger partial charge is 0.295 e. The summed E-state index contributed by atoms with van der Waals surface area (Å²) < 4.78 is 0. The van der Waals surface area contributed by atoms with Crippen molar-refractivity contribution >= 4 is 23.0 Å². The first kappa shape index (κ1) is 9.40. The van der Waals surface area contributed by atoms with E-state index in [2.05, 4.69) is 6.07 Å². The lowest BCUT2D eigenvalue weighted by molar-refractivity contribution is -0.393. The Morgan fingerprint density at radius 2 is 1.54 bits per heavy atom. The average molecular weight is 202 g/mol. The molecule has 0 bridgehead atoms. The second-order valence-corrected chi connectivity index (χ2v) is 2.43. The molecule has 0 saturated carbocycles. The Kier molecular flexibility index (Phi) is 2.43. The summed E-state index contributed by atoms with van der Waals surface area (Å²) >= 11 is 5.40. The SMILES string of the molecule is O=[N+]([O-])c1c[c]cc([N+](=O)[O-])c1Cl. The number of halogens is 1. The molecule has 0 N–H and O–H groups in total. The highest BCUT2D eigenvalue weighted by atomic mass is 35.5. The van der Waals surface area contributed by atoms with E-state index in [9.17, 15) is 20.2 Å². The van der Waals surface area contributed by atoms with Crippen LogP contribution >= 0.6 is 11.6 Å². The molecule has 0 unspecified atom stereocenters. The monoisotopic (exact) mass is 201 g/mol. The summed E-state index contributed by atoms with van der Waals surface area (Å²) in [7, 11) is 0. The van der Waals surface area contributed by atoms with Crippen LogP contribution in [0.3, 0.4) is 0 Å². The lowest BCUT2D eigenvalue weighted by Crippen LogP contribution is -1.94. The summed E-state index contributed by atoms with van der Waals surface area (Å²) in [5.74, 6) is 0. The van der Waals surface area contributed by atoms with Crippen LogP contribution in [-0.4, -0.2) is 9.85 Å². The van der Waals surface area contributed by atoms with Crippen molar-refractivity contribution in [1.29, 1.82) is 0 Å². The highest BCUT2D eigenvalue weighted by Crippen LogP contribution is 2.32. The molecule has 0 aromatic heterocycles. The van der Waals surface area contributed by atoms with E-state index >= 15 is 0 Å². The minimum Gasteiger partial charge on any atom is -0.258 e. The summed E-state index contributed by atoms with van der Waals surface area (Å²) in [5.41, 5.74) is -1.04. The third kappa shape index (κ3) is 1.73. The van der Waals surface area contributed by atoms with E-state index in [0.29, 0.717) is 0 Å². The van der Waals surface area contributed by atoms with Gasteiger partial charge in [-0.05, 0) is 6.07 Å². The Hall–Kier alpha value is -1.69. The van der Waals surface area contributed by atoms with E-state index < -0.39 is 26.2 Å². The van der Waals surface area contributed by atoms with Crippen LogP contribution in [0.15, 0.2) is 12.1 Å². The van der Waals surface area contributed by atoms with Gasteiger partial charge in [0.2, 0.25) is 0 Å². The molecular weight excluding hydrogens is 200 g/mol. The van der Waals surface area contributed by atoms with Crippen LogP contribution in [-0.2, 0) is 0 Å². The molecule has 1 radical (unpaired) electrons. The molecule has 0 heterocycles. The van der Waals surface area contributed by atoms with Crippen LogP contribution in [0, 0.1) is 26.3 Å². The molecule has 0 aliphatic heterocycles. The quantitative estimate of drug-likeness (QED) is 0.541. The van der Waals surface area contributed by atoms with Gasteiger partial charge in [0, 0.05) is 12.1 Å². The summed E-state index contributed by atoms with van der Waals surface area (Å²) in [5, 5.41) is 20.1. The Bertz CT molecular complexity index is 347. The highest BCUT2D eigenvalue weighted by molar-refractivity contribution is 6.34. The second-order valence-electron chi connectivity index (χ2n) is 2.05. The molecule has 0 atom stereocenters. The minimum absolute atomic E-state index is 0.478. The van der Waals surface area contributed by atoms with Crippen LogP contribution in [0.2, 0.25) is 5.02 Å². The molecule has 13 heavy (non-hydrogen) atoms. The topological polar surface area (TPSA) is 86.3 Å². The minimum atomic E-state index is -0.800. The van der Waals surface area contributed by atoms with Gasteiger partial charge in [-0.25, -0.2) is 0 Å². The predicted molar refractivity (Wildman–Crippen MR) is 43.6 cm³/mol. The molecule has 0 saturated heterocycles. The Labute approximate surface area is 77.0 Å². The molecule has 0 aliphatic rings. The lowest BCUT2D eigenvalue weighted by atomic mass is 10.3. The van der Waals surface area contributed by atoms with Gasteiger partial charge in [-0.1, -0.05) is 11.6 Å². The first-order chi connectivity index (χ1) is 6.04. The maximum Gasteiger partial charge on any atom is 0.295 e. The zero-order valence-corrected chi connectivity index (χ0v) is 6.82. The zero-order valence-electron chi connectivity index (χ0n) is 6.06. The molecule has 0 amide bonds. The van der Waals surface area contributed by atoms with Crippen LogP contribution in [0.4, 0.5) is 11.4 Å². The standard InChI is InChI=1S/C6H2ClN2O4/c7-6-4(8(10)11)2-1-3-5(6)9(12)13/h2-3H. The lowest BCUT2D eigenvalue weighted by Gasteiger charge is -1.94. The van der Waals surface area contributed by atoms with Crippen molar-refractivity contribution in [2.24, 2.45) is 0 Å². The van der Waals surface area contributed by atoms with Gasteiger partial charge < -0.3 is 0 Å². The van der Waals surface area contributed by atoms with Crippen molar-refractivity contribution < 1.29 is 9.85 Å². The summed E-state index contributed by atoms with van der Waals surface area (Å²) in [6, 6.07) is 4.23. The number of hydrogen-bond donors (Lipinski definition) is 0. The smallest absolute Gasteiger partial charge is 0.258 e. The van der Waals surface area contributed by atoms with Gasteiger partial charge in [0.05, 0.1) is 9.85 Å². The van der Waals surface area contributed by atoms with Crippen molar-refractivity contribution in [2.45, 2.75) is 0 Å². The van der Waals surface area contributed by atoms with Crippen molar-refractivity contribution in [3.05, 3.63) is 43.5 Å². The predicted octanol–water partition coefficient (Wildman–Crippen LogP) is 1.96. The van der Waals surface area contributed by atoms with Crippen LogP contribution < -0.4 is 0 Å². The average Bonchev–Trinajstić information content (AvgIpc) is 2.03. The number of rotatable bonds is 2. The molecule has 0 spiro atoms. The van der Waals surface area contributed by atoms with Gasteiger partial charge in [0.1, 0.15) is 0 Å². The van der Waals surface area contributed by atoms with E-state index in [-0.39, 0.29) is 0 Å². The third-order valence-electron chi connectivity index (χ3n) is 1.28. The zero-order chi connectivity index (χ0) is 10.0. The third-order valence-corrected chi connectivity index (χ3v) is 1.67. The summed E-state index contributed by atoms with van der Waals surface area (Å²) in [4.78, 5) is 19.0. The number of nitrogens with zero attached hydrogens (tertiary/aromatic N) is 2. The van der Waals surface area contributed by atoms with Gasteiger partial charge in [-0.3, -0.25) is 20.2 Å². The normalized spacial score (nSPS) is 9.62. The molecule has 1 rings (SSSR count). The van der Waals surface area contributed by atoms with Crippen molar-refractivity contribution in [2.75, 3.05) is 0 Å². The molecule has 1 aromatic carbocycles. The van der Waals surface area contributed by atoms with Crippen LogP contribution in [0.25, 0.3) is 0 Å². The molecule has 0 aliphatic carbocycles. The fraction of sp³-hybridized carbons (Fsp3) is 0. The van der Waals surface area contributed by atoms with E-state index in [4.69, 9.17) is 11.6 Å². The molecule has 67 valence electrons. The van der Waals surface area contributed by atoms with E-state index in [0.717, 1.165) is 12.1 Å². The molecule has 1 aromatic rings. The first-order valence-corrected chi connectivity index (χ1v) is 3.40. The number of benzene rings is 1. The van der Waals surface area contributed by atoms with Gasteiger partial charge >= 0.3 is 0 Å². The number of nitro benzene ring substituents is 2. The van der Waals surface area contributed by atoms with Crippen molar-refractivity contribution in [3.8, 4) is 0 Å². The van der Waals surface area contributed by atoms with Gasteiger partial charge in [0.25, 0.3) is 11.4 Å². The van der Waals surface area contributed by atoms with Crippen LogP contribution in [0.5, 0.6) is 0 Å². The maximum atomic E-state index is 10.3. The summed E-state index contributed by atoms with van der Waals surface area (Å²) in [6.07, 6.45) is 0. The number of hydrogen-bond acceptors (Lipinski definition) is 4. The Balaban J connectivity index is 3.35. The maximum absolute atomic E-state index is 10.3. The summed E-state index contributed by atoms with van der Waals surface area (Å²) in [6.45, 7) is 0. The molecule has 6 nitrogen and oxygen atoms in total. The second kappa shape index (κ2) is 3.36. The van der Waals surface area contributed by atoms with E-state index in [1.807, 2.05) is 0 Å². The molecular formula is C6H2ClN2O4. The van der Waals surface area contributed by atoms with Crippen molar-refractivity contribution in [3.63, 3.8) is 0 Å². The van der Waals surface area contributed by atoms with Gasteiger partial charge in [-0.15, -0.1) is 0 Å². The Morgan fingerprint density at radius 1 is 1.15 bits per heavy atom. The fourth-order valence-corrected chi connectivity index (χ4v) is 0.970. The fourth-order valence-electron chi connectivity index (χ4n) is 0.723. The molecule has 0 fully saturated rings.